The zero-order chi connectivity index (χ0) is 23.3. The van der Waals surface area contributed by atoms with Crippen molar-refractivity contribution in [2.75, 3.05) is 50.0 Å². The van der Waals surface area contributed by atoms with Crippen LogP contribution < -0.4 is 10.6 Å². The van der Waals surface area contributed by atoms with E-state index < -0.39 is 6.09 Å². The Morgan fingerprint density at radius 3 is 2.59 bits per heavy atom. The predicted octanol–water partition coefficient (Wildman–Crippen LogP) is 2.31. The van der Waals surface area contributed by atoms with Crippen molar-refractivity contribution in [3.05, 3.63) is 43.0 Å². The first-order valence-corrected chi connectivity index (χ1v) is 10.8. The van der Waals surface area contributed by atoms with Gasteiger partial charge in [-0.25, -0.2) is 29.7 Å². The van der Waals surface area contributed by atoms with Gasteiger partial charge in [0.15, 0.2) is 5.82 Å². The van der Waals surface area contributed by atoms with Gasteiger partial charge in [0, 0.05) is 62.1 Å². The number of rotatable bonds is 7. The Morgan fingerprint density at radius 2 is 1.85 bits per heavy atom. The van der Waals surface area contributed by atoms with E-state index in [9.17, 15) is 4.79 Å². The van der Waals surface area contributed by atoms with Crippen molar-refractivity contribution in [2.24, 2.45) is 0 Å². The molecule has 34 heavy (non-hydrogen) atoms. The Labute approximate surface area is 194 Å². The lowest BCUT2D eigenvalue weighted by Gasteiger charge is -2.26. The molecule has 4 aromatic rings. The number of carboxylic acid groups (broad SMARTS) is 1. The number of hydrogen-bond acceptors (Lipinski definition) is 9. The molecule has 1 amide bonds. The minimum Gasteiger partial charge on any atom is -0.465 e. The molecule has 1 saturated heterocycles. The van der Waals surface area contributed by atoms with Gasteiger partial charge in [-0.3, -0.25) is 10.2 Å². The van der Waals surface area contributed by atoms with Crippen LogP contribution in [0.3, 0.4) is 0 Å². The Morgan fingerprint density at radius 1 is 1.09 bits per heavy atom. The summed E-state index contributed by atoms with van der Waals surface area (Å²) in [5.74, 6) is 1.15. The van der Waals surface area contributed by atoms with Crippen LogP contribution in [0.5, 0.6) is 0 Å². The fraction of sp³-hybridized carbons (Fsp3) is 0.273. The number of hydrogen-bond donors (Lipinski definition) is 4. The smallest absolute Gasteiger partial charge is 0.411 e. The molecule has 1 aliphatic heterocycles. The molecule has 174 valence electrons. The zero-order valence-corrected chi connectivity index (χ0v) is 18.2. The van der Waals surface area contributed by atoms with Crippen molar-refractivity contribution in [3.63, 3.8) is 0 Å². The van der Waals surface area contributed by atoms with Gasteiger partial charge in [-0.15, -0.1) is 0 Å². The van der Waals surface area contributed by atoms with Crippen LogP contribution in [0.15, 0.2) is 43.0 Å². The largest absolute Gasteiger partial charge is 0.465 e. The molecule has 4 N–H and O–H groups in total. The van der Waals surface area contributed by atoms with Gasteiger partial charge in [0.1, 0.15) is 5.52 Å². The number of nitrogens with zero attached hydrogens (tertiary/aromatic N) is 6. The molecule has 12 heteroatoms. The number of H-pyrrole nitrogens is 1. The number of anilines is 2. The first-order valence-electron chi connectivity index (χ1n) is 10.8. The van der Waals surface area contributed by atoms with Gasteiger partial charge in [0.25, 0.3) is 0 Å². The normalized spacial score (nSPS) is 14.2. The summed E-state index contributed by atoms with van der Waals surface area (Å²) in [6.07, 6.45) is 5.57. The van der Waals surface area contributed by atoms with Crippen LogP contribution in [0.2, 0.25) is 0 Å². The van der Waals surface area contributed by atoms with Gasteiger partial charge < -0.3 is 20.1 Å². The molecular formula is C22H23N9O3. The number of fused-ring (bicyclic) bond motifs is 1. The molecule has 1 aromatic carbocycles. The Balaban J connectivity index is 1.39. The van der Waals surface area contributed by atoms with E-state index in [2.05, 4.69) is 45.4 Å². The maximum atomic E-state index is 11.1. The maximum absolute atomic E-state index is 11.1. The van der Waals surface area contributed by atoms with Gasteiger partial charge >= 0.3 is 6.09 Å². The lowest BCUT2D eigenvalue weighted by atomic mass is 10.0. The number of aromatic amines is 1. The highest BCUT2D eigenvalue weighted by atomic mass is 16.5. The second kappa shape index (κ2) is 9.77. The van der Waals surface area contributed by atoms with Gasteiger partial charge in [-0.2, -0.15) is 0 Å². The van der Waals surface area contributed by atoms with Crippen LogP contribution in [0.4, 0.5) is 16.7 Å². The summed E-state index contributed by atoms with van der Waals surface area (Å²) < 4.78 is 5.37. The number of benzene rings is 1. The van der Waals surface area contributed by atoms with Gasteiger partial charge in [0.2, 0.25) is 11.9 Å². The minimum absolute atomic E-state index is 0.118. The van der Waals surface area contributed by atoms with Crippen molar-refractivity contribution in [3.8, 4) is 22.5 Å². The highest BCUT2D eigenvalue weighted by Gasteiger charge is 2.16. The number of carbonyl (C=O) groups is 1. The second-order valence-electron chi connectivity index (χ2n) is 7.68. The number of morpholine rings is 1. The summed E-state index contributed by atoms with van der Waals surface area (Å²) >= 11 is 0. The summed E-state index contributed by atoms with van der Waals surface area (Å²) in [7, 11) is 0. The molecule has 0 atom stereocenters. The minimum atomic E-state index is -1.21. The summed E-state index contributed by atoms with van der Waals surface area (Å²) in [5.41, 5.74) is 3.47. The van der Waals surface area contributed by atoms with Crippen molar-refractivity contribution < 1.29 is 14.6 Å². The third kappa shape index (κ3) is 4.92. The fourth-order valence-corrected chi connectivity index (χ4v) is 3.77. The zero-order valence-electron chi connectivity index (χ0n) is 18.2. The van der Waals surface area contributed by atoms with Crippen LogP contribution in [0, 0.1) is 0 Å². The first-order chi connectivity index (χ1) is 16.7. The van der Waals surface area contributed by atoms with E-state index >= 15 is 0 Å². The number of imidazole rings is 1. The Bertz CT molecular complexity index is 1270. The summed E-state index contributed by atoms with van der Waals surface area (Å²) in [4.78, 5) is 38.3. The van der Waals surface area contributed by atoms with Gasteiger partial charge in [-0.1, -0.05) is 0 Å². The van der Waals surface area contributed by atoms with Crippen molar-refractivity contribution in [1.82, 2.24) is 34.8 Å². The highest BCUT2D eigenvalue weighted by Crippen LogP contribution is 2.32. The van der Waals surface area contributed by atoms with Crippen LogP contribution in [-0.4, -0.2) is 85.4 Å². The van der Waals surface area contributed by atoms with E-state index in [0.29, 0.717) is 28.4 Å². The molecule has 4 heterocycles. The van der Waals surface area contributed by atoms with E-state index in [-0.39, 0.29) is 5.95 Å². The van der Waals surface area contributed by atoms with E-state index in [1.165, 1.54) is 0 Å². The average molecular weight is 461 g/mol. The molecular weight excluding hydrogens is 438 g/mol. The topological polar surface area (TPSA) is 154 Å². The highest BCUT2D eigenvalue weighted by molar-refractivity contribution is 5.96. The lowest BCUT2D eigenvalue weighted by molar-refractivity contribution is 0.0398. The third-order valence-corrected chi connectivity index (χ3v) is 5.42. The summed E-state index contributed by atoms with van der Waals surface area (Å²) in [6.45, 7) is 5.07. The number of amides is 1. The van der Waals surface area contributed by atoms with Crippen molar-refractivity contribution in [2.45, 2.75) is 0 Å². The molecule has 3 aromatic heterocycles. The van der Waals surface area contributed by atoms with Crippen molar-refractivity contribution >= 4 is 29.0 Å². The van der Waals surface area contributed by atoms with E-state index in [1.54, 1.807) is 30.9 Å². The predicted molar refractivity (Wildman–Crippen MR) is 126 cm³/mol. The van der Waals surface area contributed by atoms with Crippen LogP contribution in [0.1, 0.15) is 0 Å². The molecule has 0 bridgehead atoms. The number of nitrogens with one attached hydrogen (secondary N) is 3. The fourth-order valence-electron chi connectivity index (χ4n) is 3.77. The monoisotopic (exact) mass is 461 g/mol. The molecule has 0 unspecified atom stereocenters. The molecule has 1 aliphatic rings. The summed E-state index contributed by atoms with van der Waals surface area (Å²) in [6, 6.07) is 5.49. The molecule has 0 saturated carbocycles. The molecule has 0 radical (unpaired) electrons. The summed E-state index contributed by atoms with van der Waals surface area (Å²) in [5, 5.41) is 14.5. The third-order valence-electron chi connectivity index (χ3n) is 5.42. The van der Waals surface area contributed by atoms with Crippen LogP contribution >= 0.6 is 0 Å². The van der Waals surface area contributed by atoms with Crippen molar-refractivity contribution in [1.29, 1.82) is 0 Å². The molecule has 1 fully saturated rings. The van der Waals surface area contributed by atoms with Gasteiger partial charge in [0.05, 0.1) is 18.7 Å². The van der Waals surface area contributed by atoms with Gasteiger partial charge in [-0.05, 0) is 23.8 Å². The van der Waals surface area contributed by atoms with Crippen LogP contribution in [-0.2, 0) is 4.74 Å². The Kier molecular flexibility index (Phi) is 6.23. The van der Waals surface area contributed by atoms with E-state index in [4.69, 9.17) is 9.84 Å². The standard InChI is InChI=1S/C22H23N9O3/c32-22(33)30-21-28-17-11-14(10-16(18(17)29-21)19-23-2-1-3-24-19)15-12-26-20(27-13-15)25-4-5-31-6-8-34-9-7-31/h1-3,10-13H,4-9H2,(H,32,33)(H,25,26,27)(H2,28,29,30). The quantitative estimate of drug-likeness (QED) is 0.322. The maximum Gasteiger partial charge on any atom is 0.411 e. The van der Waals surface area contributed by atoms with Crippen LogP contribution in [0.25, 0.3) is 33.5 Å². The first kappa shape index (κ1) is 21.7. The SMILES string of the molecule is O=C(O)Nc1nc2c(-c3ncccn3)cc(-c3cnc(NCCN4CCOCC4)nc3)cc2[nH]1. The average Bonchev–Trinajstić information content (AvgIpc) is 3.26. The lowest BCUT2D eigenvalue weighted by Crippen LogP contribution is -2.39. The molecule has 12 nitrogen and oxygen atoms in total. The molecule has 0 spiro atoms. The van der Waals surface area contributed by atoms with E-state index in [0.717, 1.165) is 50.5 Å². The molecule has 0 aliphatic carbocycles. The number of aromatic nitrogens is 6. The molecule has 5 rings (SSSR count). The Hall–Kier alpha value is -4.16. The second-order valence-corrected chi connectivity index (χ2v) is 7.68. The number of ether oxygens (including phenoxy) is 1. The van der Waals surface area contributed by atoms with E-state index in [1.807, 2.05) is 12.1 Å².